The predicted molar refractivity (Wildman–Crippen MR) is 26.3 cm³/mol. The number of alkyl halides is 1. The normalized spacial score (nSPS) is 13.2. The predicted octanol–water partition coefficient (Wildman–Crippen LogP) is -0.662. The lowest BCUT2D eigenvalue weighted by atomic mass is 10.7. The Morgan fingerprint density at radius 2 is 2.50 bits per heavy atom. The third-order valence-electron chi connectivity index (χ3n) is 0.498. The first-order chi connectivity index (χ1) is 3.68. The van der Waals surface area contributed by atoms with Gasteiger partial charge >= 0.3 is 0 Å². The summed E-state index contributed by atoms with van der Waals surface area (Å²) in [5.41, 5.74) is -1.31. The van der Waals surface area contributed by atoms with Crippen LogP contribution in [0.5, 0.6) is 0 Å². The van der Waals surface area contributed by atoms with Gasteiger partial charge in [0, 0.05) is 6.61 Å². The molecule has 0 saturated carbocycles. The fourth-order valence-corrected chi connectivity index (χ4v) is 0.340. The van der Waals surface area contributed by atoms with Crippen molar-refractivity contribution in [2.45, 2.75) is 12.5 Å². The smallest absolute Gasteiger partial charge is 0.170 e. The molecule has 48 valence electrons. The van der Waals surface area contributed by atoms with Crippen molar-refractivity contribution in [2.75, 3.05) is 6.61 Å². The van der Waals surface area contributed by atoms with E-state index in [1.54, 1.807) is 6.92 Å². The number of carboxylic acid groups (broad SMARTS) is 1. The summed E-state index contributed by atoms with van der Waals surface area (Å²) < 4.78 is 4.41. The molecule has 0 fully saturated rings. The van der Waals surface area contributed by atoms with Gasteiger partial charge in [-0.3, -0.25) is 0 Å². The average molecular weight is 138 g/mol. The van der Waals surface area contributed by atoms with Crippen molar-refractivity contribution < 1.29 is 14.6 Å². The molecular formula is C4H6ClO3-. The van der Waals surface area contributed by atoms with Crippen molar-refractivity contribution in [3.63, 3.8) is 0 Å². The van der Waals surface area contributed by atoms with Gasteiger partial charge in [-0.1, -0.05) is 11.6 Å². The third kappa shape index (κ3) is 2.82. The summed E-state index contributed by atoms with van der Waals surface area (Å²) in [5.74, 6) is -1.39. The zero-order valence-corrected chi connectivity index (χ0v) is 5.14. The number of ether oxygens (including phenoxy) is 1. The molecule has 0 aromatic rings. The Balaban J connectivity index is 3.32. The lowest BCUT2D eigenvalue weighted by molar-refractivity contribution is -0.312. The molecule has 0 aliphatic heterocycles. The number of aliphatic carboxylic acids is 1. The van der Waals surface area contributed by atoms with Gasteiger partial charge in [0.1, 0.15) is 0 Å². The van der Waals surface area contributed by atoms with Crippen molar-refractivity contribution in [3.05, 3.63) is 0 Å². The quantitative estimate of drug-likeness (QED) is 0.485. The standard InChI is InChI=1S/C4H7ClO3/c1-2-8-3(5)4(6)7/h3H,2H2,1H3,(H,6,7)/p-1. The maximum Gasteiger partial charge on any atom is 0.170 e. The molecule has 0 amide bonds. The van der Waals surface area contributed by atoms with E-state index in [0.717, 1.165) is 0 Å². The number of hydrogen-bond donors (Lipinski definition) is 0. The highest BCUT2D eigenvalue weighted by Gasteiger charge is 2.00. The summed E-state index contributed by atoms with van der Waals surface area (Å²) in [7, 11) is 0. The van der Waals surface area contributed by atoms with Gasteiger partial charge in [0.15, 0.2) is 5.56 Å². The summed E-state index contributed by atoms with van der Waals surface area (Å²) in [6, 6.07) is 0. The molecule has 0 heterocycles. The van der Waals surface area contributed by atoms with E-state index in [2.05, 4.69) is 4.74 Å². The molecular weight excluding hydrogens is 131 g/mol. The van der Waals surface area contributed by atoms with Crippen molar-refractivity contribution in [2.24, 2.45) is 0 Å². The summed E-state index contributed by atoms with van der Waals surface area (Å²) in [4.78, 5) is 9.72. The van der Waals surface area contributed by atoms with E-state index in [-0.39, 0.29) is 6.61 Å². The van der Waals surface area contributed by atoms with Gasteiger partial charge in [0.2, 0.25) is 0 Å². The Bertz CT molecular complexity index is 83.4. The Morgan fingerprint density at radius 3 is 2.62 bits per heavy atom. The number of hydrogen-bond acceptors (Lipinski definition) is 3. The second-order valence-electron chi connectivity index (χ2n) is 1.09. The van der Waals surface area contributed by atoms with Crippen LogP contribution in [0.4, 0.5) is 0 Å². The van der Waals surface area contributed by atoms with E-state index < -0.39 is 11.5 Å². The van der Waals surface area contributed by atoms with E-state index in [0.29, 0.717) is 0 Å². The van der Waals surface area contributed by atoms with Gasteiger partial charge in [0.25, 0.3) is 0 Å². The first-order valence-corrected chi connectivity index (χ1v) is 2.58. The van der Waals surface area contributed by atoms with Gasteiger partial charge < -0.3 is 14.6 Å². The van der Waals surface area contributed by atoms with Gasteiger partial charge in [0.05, 0.1) is 5.97 Å². The molecule has 0 aromatic carbocycles. The molecule has 0 bridgehead atoms. The summed E-state index contributed by atoms with van der Waals surface area (Å²) in [6.07, 6.45) is 0. The van der Waals surface area contributed by atoms with Crippen LogP contribution in [0.3, 0.4) is 0 Å². The van der Waals surface area contributed by atoms with E-state index >= 15 is 0 Å². The fourth-order valence-electron chi connectivity index (χ4n) is 0.214. The molecule has 0 rings (SSSR count). The molecule has 0 aliphatic carbocycles. The number of carboxylic acids is 1. The zero-order valence-electron chi connectivity index (χ0n) is 4.39. The molecule has 0 saturated heterocycles. The van der Waals surface area contributed by atoms with Gasteiger partial charge in [-0.2, -0.15) is 0 Å². The van der Waals surface area contributed by atoms with Crippen LogP contribution in [0.15, 0.2) is 0 Å². The Hall–Kier alpha value is -0.280. The fraction of sp³-hybridized carbons (Fsp3) is 0.750. The number of carbonyl (C=O) groups is 1. The Kier molecular flexibility index (Phi) is 3.56. The van der Waals surface area contributed by atoms with Gasteiger partial charge in [-0.15, -0.1) is 0 Å². The monoisotopic (exact) mass is 137 g/mol. The topological polar surface area (TPSA) is 49.4 Å². The van der Waals surface area contributed by atoms with E-state index in [9.17, 15) is 9.90 Å². The Morgan fingerprint density at radius 1 is 2.00 bits per heavy atom. The molecule has 1 unspecified atom stereocenters. The minimum atomic E-state index is -1.39. The van der Waals surface area contributed by atoms with Crippen LogP contribution in [0.2, 0.25) is 0 Å². The average Bonchev–Trinajstić information content (AvgIpc) is 1.67. The highest BCUT2D eigenvalue weighted by molar-refractivity contribution is 6.28. The van der Waals surface area contributed by atoms with Crippen LogP contribution in [0, 0.1) is 0 Å². The van der Waals surface area contributed by atoms with Crippen LogP contribution in [0.25, 0.3) is 0 Å². The number of halogens is 1. The minimum absolute atomic E-state index is 0.280. The highest BCUT2D eigenvalue weighted by Crippen LogP contribution is 1.94. The highest BCUT2D eigenvalue weighted by atomic mass is 35.5. The van der Waals surface area contributed by atoms with Crippen molar-refractivity contribution >= 4 is 17.6 Å². The van der Waals surface area contributed by atoms with Gasteiger partial charge in [-0.05, 0) is 6.92 Å². The molecule has 0 aromatic heterocycles. The molecule has 0 N–H and O–H groups in total. The second kappa shape index (κ2) is 3.69. The maximum atomic E-state index is 9.72. The SMILES string of the molecule is CCOC(Cl)C(=O)[O-]. The summed E-state index contributed by atoms with van der Waals surface area (Å²) in [6.45, 7) is 1.93. The molecule has 0 aliphatic rings. The first-order valence-electron chi connectivity index (χ1n) is 2.15. The summed E-state index contributed by atoms with van der Waals surface area (Å²) >= 11 is 5.03. The van der Waals surface area contributed by atoms with Crippen LogP contribution in [0.1, 0.15) is 6.92 Å². The molecule has 4 heteroatoms. The zero-order chi connectivity index (χ0) is 6.57. The largest absolute Gasteiger partial charge is 0.546 e. The number of rotatable bonds is 3. The number of carbonyl (C=O) groups excluding carboxylic acids is 1. The second-order valence-corrected chi connectivity index (χ2v) is 1.49. The molecule has 0 radical (unpaired) electrons. The lowest BCUT2D eigenvalue weighted by Gasteiger charge is -2.08. The third-order valence-corrected chi connectivity index (χ3v) is 0.802. The van der Waals surface area contributed by atoms with E-state index in [1.807, 2.05) is 0 Å². The van der Waals surface area contributed by atoms with Crippen LogP contribution in [-0.2, 0) is 9.53 Å². The van der Waals surface area contributed by atoms with Crippen molar-refractivity contribution in [3.8, 4) is 0 Å². The summed E-state index contributed by atoms with van der Waals surface area (Å²) in [5, 5.41) is 9.72. The first kappa shape index (κ1) is 7.72. The maximum absolute atomic E-state index is 9.72. The van der Waals surface area contributed by atoms with Gasteiger partial charge in [-0.25, -0.2) is 0 Å². The van der Waals surface area contributed by atoms with Crippen LogP contribution >= 0.6 is 11.6 Å². The lowest BCUT2D eigenvalue weighted by Crippen LogP contribution is -2.33. The minimum Gasteiger partial charge on any atom is -0.546 e. The Labute approximate surface area is 52.2 Å². The van der Waals surface area contributed by atoms with Crippen molar-refractivity contribution in [1.29, 1.82) is 0 Å². The molecule has 1 atom stereocenters. The van der Waals surface area contributed by atoms with Crippen LogP contribution in [-0.4, -0.2) is 18.1 Å². The van der Waals surface area contributed by atoms with E-state index in [4.69, 9.17) is 11.6 Å². The molecule has 8 heavy (non-hydrogen) atoms. The molecule has 0 spiro atoms. The van der Waals surface area contributed by atoms with E-state index in [1.165, 1.54) is 0 Å². The molecule has 3 nitrogen and oxygen atoms in total. The van der Waals surface area contributed by atoms with Crippen LogP contribution < -0.4 is 5.11 Å². The van der Waals surface area contributed by atoms with Crippen molar-refractivity contribution in [1.82, 2.24) is 0 Å².